The van der Waals surface area contributed by atoms with Gasteiger partial charge in [0.15, 0.2) is 11.6 Å². The van der Waals surface area contributed by atoms with Gasteiger partial charge in [-0.25, -0.2) is 8.78 Å². The van der Waals surface area contributed by atoms with Crippen molar-refractivity contribution in [1.82, 2.24) is 5.32 Å². The molecule has 0 aliphatic heterocycles. The standard InChI is InChI=1S/C18H27F2N/c1-12-5-7-14(17(9-12)21-4)18(2,3)11-13-6-8-15(19)16(20)10-13/h6,8,10,12,14,17,21H,5,7,9,11H2,1-4H3. The second-order valence-corrected chi connectivity index (χ2v) is 7.33. The molecule has 0 heterocycles. The Labute approximate surface area is 127 Å². The second-order valence-electron chi connectivity index (χ2n) is 7.33. The van der Waals surface area contributed by atoms with Crippen LogP contribution < -0.4 is 5.32 Å². The van der Waals surface area contributed by atoms with Crippen LogP contribution in [0.4, 0.5) is 8.78 Å². The van der Waals surface area contributed by atoms with Crippen LogP contribution in [-0.2, 0) is 6.42 Å². The van der Waals surface area contributed by atoms with Gasteiger partial charge in [-0.15, -0.1) is 0 Å². The maximum absolute atomic E-state index is 13.4. The molecule has 118 valence electrons. The molecule has 1 nitrogen and oxygen atoms in total. The Balaban J connectivity index is 2.14. The Kier molecular flexibility index (Phi) is 5.03. The summed E-state index contributed by atoms with van der Waals surface area (Å²) in [6.45, 7) is 6.81. The molecule has 0 aromatic heterocycles. The molecule has 1 fully saturated rings. The van der Waals surface area contributed by atoms with Crippen molar-refractivity contribution in [3.8, 4) is 0 Å². The first kappa shape index (κ1) is 16.4. The maximum Gasteiger partial charge on any atom is 0.159 e. The number of halogens is 2. The van der Waals surface area contributed by atoms with Crippen molar-refractivity contribution >= 4 is 0 Å². The van der Waals surface area contributed by atoms with Gasteiger partial charge in [0.25, 0.3) is 0 Å². The predicted molar refractivity (Wildman–Crippen MR) is 83.2 cm³/mol. The number of hydrogen-bond donors (Lipinski definition) is 1. The van der Waals surface area contributed by atoms with E-state index in [-0.39, 0.29) is 5.41 Å². The van der Waals surface area contributed by atoms with Crippen LogP contribution in [0, 0.1) is 28.9 Å². The number of benzene rings is 1. The normalized spacial score (nSPS) is 26.9. The van der Waals surface area contributed by atoms with E-state index >= 15 is 0 Å². The third kappa shape index (κ3) is 3.82. The molecular formula is C18H27F2N. The van der Waals surface area contributed by atoms with Crippen molar-refractivity contribution in [2.24, 2.45) is 17.3 Å². The van der Waals surface area contributed by atoms with E-state index < -0.39 is 11.6 Å². The van der Waals surface area contributed by atoms with Crippen molar-refractivity contribution in [3.63, 3.8) is 0 Å². The van der Waals surface area contributed by atoms with Crippen LogP contribution in [0.15, 0.2) is 18.2 Å². The number of rotatable bonds is 4. The highest BCUT2D eigenvalue weighted by Gasteiger charge is 2.38. The Hall–Kier alpha value is -0.960. The van der Waals surface area contributed by atoms with Crippen LogP contribution in [0.3, 0.4) is 0 Å². The van der Waals surface area contributed by atoms with E-state index in [0.717, 1.165) is 17.9 Å². The van der Waals surface area contributed by atoms with E-state index in [1.54, 1.807) is 6.07 Å². The Morgan fingerprint density at radius 1 is 1.19 bits per heavy atom. The highest BCUT2D eigenvalue weighted by Crippen LogP contribution is 2.42. The predicted octanol–water partition coefficient (Wildman–Crippen LogP) is 4.56. The molecule has 1 aliphatic carbocycles. The van der Waals surface area contributed by atoms with Crippen molar-refractivity contribution in [2.75, 3.05) is 7.05 Å². The lowest BCUT2D eigenvalue weighted by molar-refractivity contribution is 0.0980. The molecule has 1 aromatic rings. The van der Waals surface area contributed by atoms with Gasteiger partial charge >= 0.3 is 0 Å². The summed E-state index contributed by atoms with van der Waals surface area (Å²) in [5, 5.41) is 3.46. The highest BCUT2D eigenvalue weighted by atomic mass is 19.2. The van der Waals surface area contributed by atoms with Gasteiger partial charge < -0.3 is 5.32 Å². The van der Waals surface area contributed by atoms with Crippen LogP contribution >= 0.6 is 0 Å². The molecule has 0 saturated heterocycles. The number of hydrogen-bond acceptors (Lipinski definition) is 1. The summed E-state index contributed by atoms with van der Waals surface area (Å²) in [6, 6.07) is 4.80. The summed E-state index contributed by atoms with van der Waals surface area (Å²) in [5.41, 5.74) is 0.949. The van der Waals surface area contributed by atoms with Gasteiger partial charge in [0.1, 0.15) is 0 Å². The minimum absolute atomic E-state index is 0.0675. The SMILES string of the molecule is CNC1CC(C)CCC1C(C)(C)Cc1ccc(F)c(F)c1. The molecule has 1 aromatic carbocycles. The minimum Gasteiger partial charge on any atom is -0.317 e. The fourth-order valence-corrected chi connectivity index (χ4v) is 3.94. The summed E-state index contributed by atoms with van der Waals surface area (Å²) in [4.78, 5) is 0. The van der Waals surface area contributed by atoms with Gasteiger partial charge in [0.2, 0.25) is 0 Å². The first-order chi connectivity index (χ1) is 9.83. The summed E-state index contributed by atoms with van der Waals surface area (Å²) in [6.07, 6.45) is 4.43. The largest absolute Gasteiger partial charge is 0.317 e. The summed E-state index contributed by atoms with van der Waals surface area (Å²) >= 11 is 0. The topological polar surface area (TPSA) is 12.0 Å². The van der Waals surface area contributed by atoms with E-state index in [1.807, 2.05) is 7.05 Å². The molecule has 0 bridgehead atoms. The smallest absolute Gasteiger partial charge is 0.159 e. The first-order valence-electron chi connectivity index (χ1n) is 7.94. The molecule has 3 heteroatoms. The molecule has 3 atom stereocenters. The van der Waals surface area contributed by atoms with E-state index in [4.69, 9.17) is 0 Å². The molecular weight excluding hydrogens is 268 g/mol. The van der Waals surface area contributed by atoms with Crippen LogP contribution in [0.2, 0.25) is 0 Å². The van der Waals surface area contributed by atoms with Crippen LogP contribution in [0.1, 0.15) is 45.6 Å². The van der Waals surface area contributed by atoms with Gasteiger partial charge in [0, 0.05) is 6.04 Å². The van der Waals surface area contributed by atoms with Crippen molar-refractivity contribution < 1.29 is 8.78 Å². The molecule has 0 spiro atoms. The van der Waals surface area contributed by atoms with Gasteiger partial charge in [-0.2, -0.15) is 0 Å². The Bertz CT molecular complexity index is 484. The average Bonchev–Trinajstić information content (AvgIpc) is 2.42. The van der Waals surface area contributed by atoms with Crippen molar-refractivity contribution in [3.05, 3.63) is 35.4 Å². The molecule has 0 amide bonds. The van der Waals surface area contributed by atoms with E-state index in [1.165, 1.54) is 31.4 Å². The van der Waals surface area contributed by atoms with Crippen molar-refractivity contribution in [2.45, 2.75) is 52.5 Å². The second kappa shape index (κ2) is 6.43. The van der Waals surface area contributed by atoms with E-state index in [0.29, 0.717) is 12.0 Å². The Morgan fingerprint density at radius 3 is 2.52 bits per heavy atom. The lowest BCUT2D eigenvalue weighted by Gasteiger charge is -2.44. The quantitative estimate of drug-likeness (QED) is 0.858. The van der Waals surface area contributed by atoms with Gasteiger partial charge in [-0.05, 0) is 61.3 Å². The zero-order chi connectivity index (χ0) is 15.6. The monoisotopic (exact) mass is 295 g/mol. The zero-order valence-electron chi connectivity index (χ0n) is 13.5. The highest BCUT2D eigenvalue weighted by molar-refractivity contribution is 5.19. The molecule has 21 heavy (non-hydrogen) atoms. The summed E-state index contributed by atoms with van der Waals surface area (Å²) < 4.78 is 26.5. The molecule has 2 rings (SSSR count). The zero-order valence-corrected chi connectivity index (χ0v) is 13.5. The third-order valence-electron chi connectivity index (χ3n) is 5.13. The van der Waals surface area contributed by atoms with Gasteiger partial charge in [-0.1, -0.05) is 33.3 Å². The molecule has 1 saturated carbocycles. The molecule has 1 aliphatic rings. The fourth-order valence-electron chi connectivity index (χ4n) is 3.94. The van der Waals surface area contributed by atoms with Crippen molar-refractivity contribution in [1.29, 1.82) is 0 Å². The van der Waals surface area contributed by atoms with E-state index in [2.05, 4.69) is 26.1 Å². The Morgan fingerprint density at radius 2 is 1.90 bits per heavy atom. The van der Waals surface area contributed by atoms with E-state index in [9.17, 15) is 8.78 Å². The van der Waals surface area contributed by atoms with Crippen LogP contribution in [0.25, 0.3) is 0 Å². The third-order valence-corrected chi connectivity index (χ3v) is 5.13. The van der Waals surface area contributed by atoms with Gasteiger partial charge in [-0.3, -0.25) is 0 Å². The lowest BCUT2D eigenvalue weighted by atomic mass is 9.64. The summed E-state index contributed by atoms with van der Waals surface area (Å²) in [5.74, 6) is -0.188. The average molecular weight is 295 g/mol. The summed E-state index contributed by atoms with van der Waals surface area (Å²) in [7, 11) is 2.03. The molecule has 1 N–H and O–H groups in total. The minimum atomic E-state index is -0.767. The van der Waals surface area contributed by atoms with Crippen LogP contribution in [-0.4, -0.2) is 13.1 Å². The number of nitrogens with one attached hydrogen (secondary N) is 1. The molecule has 3 unspecified atom stereocenters. The maximum atomic E-state index is 13.4. The van der Waals surface area contributed by atoms with Gasteiger partial charge in [0.05, 0.1) is 0 Å². The first-order valence-corrected chi connectivity index (χ1v) is 7.94. The molecule has 0 radical (unpaired) electrons. The lowest BCUT2D eigenvalue weighted by Crippen LogP contribution is -2.46. The van der Waals surface area contributed by atoms with Crippen LogP contribution in [0.5, 0.6) is 0 Å². The fraction of sp³-hybridized carbons (Fsp3) is 0.667.